The van der Waals surface area contributed by atoms with Gasteiger partial charge in [0.25, 0.3) is 23.6 Å². The molecule has 0 spiro atoms. The molecule has 230 valence electrons. The van der Waals surface area contributed by atoms with E-state index in [1.54, 1.807) is 97.1 Å². The summed E-state index contributed by atoms with van der Waals surface area (Å²) in [6, 6.07) is 37.7. The van der Waals surface area contributed by atoms with E-state index in [2.05, 4.69) is 21.3 Å². The fraction of sp³-hybridized carbons (Fsp3) is 0.0556. The van der Waals surface area contributed by atoms with Crippen molar-refractivity contribution in [3.63, 3.8) is 0 Å². The lowest BCUT2D eigenvalue weighted by molar-refractivity contribution is -0.118. The van der Waals surface area contributed by atoms with Crippen LogP contribution in [0, 0.1) is 0 Å². The van der Waals surface area contributed by atoms with E-state index in [4.69, 9.17) is 9.47 Å². The van der Waals surface area contributed by atoms with Crippen molar-refractivity contribution in [1.29, 1.82) is 0 Å². The second kappa shape index (κ2) is 15.3. The van der Waals surface area contributed by atoms with E-state index >= 15 is 0 Å². The van der Waals surface area contributed by atoms with E-state index in [0.29, 0.717) is 45.4 Å². The average Bonchev–Trinajstić information content (AvgIpc) is 3.08. The van der Waals surface area contributed by atoms with Crippen LogP contribution in [0.15, 0.2) is 133 Å². The van der Waals surface area contributed by atoms with Crippen LogP contribution >= 0.6 is 0 Å². The van der Waals surface area contributed by atoms with E-state index in [9.17, 15) is 19.2 Å². The molecule has 5 aromatic carbocycles. The highest BCUT2D eigenvalue weighted by atomic mass is 16.5. The Hall–Kier alpha value is -6.42. The lowest BCUT2D eigenvalue weighted by atomic mass is 10.1. The number of nitrogens with one attached hydrogen (secondary N) is 4. The Labute approximate surface area is 265 Å². The van der Waals surface area contributed by atoms with E-state index in [-0.39, 0.29) is 36.8 Å². The van der Waals surface area contributed by atoms with Gasteiger partial charge >= 0.3 is 0 Å². The van der Waals surface area contributed by atoms with Gasteiger partial charge in [0.05, 0.1) is 0 Å². The lowest BCUT2D eigenvalue weighted by Gasteiger charge is -2.11. The minimum absolute atomic E-state index is 0.160. The summed E-state index contributed by atoms with van der Waals surface area (Å²) in [7, 11) is 0. The van der Waals surface area contributed by atoms with Gasteiger partial charge in [0.1, 0.15) is 11.5 Å². The van der Waals surface area contributed by atoms with Gasteiger partial charge in [0.2, 0.25) is 0 Å². The smallest absolute Gasteiger partial charge is 0.262 e. The maximum absolute atomic E-state index is 12.9. The number of hydrogen-bond donors (Lipinski definition) is 4. The SMILES string of the molecule is O=C(COc1ccccc1)Nc1cccc(NC(=O)c2ccc(C(=O)Nc3cccc(NC(=O)COc4ccccc4)c3)cc2)c1. The zero-order valence-corrected chi connectivity index (χ0v) is 24.6. The van der Waals surface area contributed by atoms with Crippen molar-refractivity contribution in [1.82, 2.24) is 0 Å². The Morgan fingerprint density at radius 2 is 0.761 bits per heavy atom. The van der Waals surface area contributed by atoms with Gasteiger partial charge in [-0.25, -0.2) is 0 Å². The first kappa shape index (κ1) is 31.0. The molecule has 0 aliphatic heterocycles. The summed E-state index contributed by atoms with van der Waals surface area (Å²) in [4.78, 5) is 50.3. The molecule has 0 fully saturated rings. The highest BCUT2D eigenvalue weighted by Gasteiger charge is 2.12. The Bertz CT molecular complexity index is 1680. The molecular formula is C36H30N4O6. The van der Waals surface area contributed by atoms with Gasteiger partial charge in [0, 0.05) is 33.9 Å². The minimum Gasteiger partial charge on any atom is -0.484 e. The molecule has 0 aliphatic rings. The number of benzene rings is 5. The molecule has 46 heavy (non-hydrogen) atoms. The Balaban J connectivity index is 1.10. The molecule has 0 saturated carbocycles. The molecule has 0 aliphatic carbocycles. The first-order valence-corrected chi connectivity index (χ1v) is 14.3. The first-order chi connectivity index (χ1) is 22.4. The fourth-order valence-electron chi connectivity index (χ4n) is 4.25. The third-order valence-corrected chi connectivity index (χ3v) is 6.44. The predicted octanol–water partition coefficient (Wildman–Crippen LogP) is 6.23. The van der Waals surface area contributed by atoms with Crippen molar-refractivity contribution in [2.45, 2.75) is 0 Å². The van der Waals surface area contributed by atoms with Crippen LogP contribution in [0.3, 0.4) is 0 Å². The monoisotopic (exact) mass is 614 g/mol. The molecule has 4 N–H and O–H groups in total. The molecule has 5 rings (SSSR count). The van der Waals surface area contributed by atoms with Crippen LogP contribution in [0.25, 0.3) is 0 Å². The maximum atomic E-state index is 12.9. The molecule has 0 heterocycles. The molecule has 0 bridgehead atoms. The number of hydrogen-bond acceptors (Lipinski definition) is 6. The molecular weight excluding hydrogens is 584 g/mol. The molecule has 10 heteroatoms. The van der Waals surface area contributed by atoms with Gasteiger partial charge in [-0.1, -0.05) is 48.5 Å². The topological polar surface area (TPSA) is 135 Å². The number of carbonyl (C=O) groups is 4. The average molecular weight is 615 g/mol. The van der Waals surface area contributed by atoms with Crippen molar-refractivity contribution in [2.24, 2.45) is 0 Å². The van der Waals surface area contributed by atoms with Crippen LogP contribution in [-0.2, 0) is 9.59 Å². The highest BCUT2D eigenvalue weighted by Crippen LogP contribution is 2.19. The van der Waals surface area contributed by atoms with Crippen molar-refractivity contribution < 1.29 is 28.7 Å². The van der Waals surface area contributed by atoms with E-state index in [1.165, 1.54) is 0 Å². The summed E-state index contributed by atoms with van der Waals surface area (Å²) >= 11 is 0. The van der Waals surface area contributed by atoms with Gasteiger partial charge in [-0.2, -0.15) is 0 Å². The summed E-state index contributed by atoms with van der Waals surface area (Å²) in [5, 5.41) is 11.1. The van der Waals surface area contributed by atoms with Crippen LogP contribution in [0.1, 0.15) is 20.7 Å². The Morgan fingerprint density at radius 1 is 0.413 bits per heavy atom. The van der Waals surface area contributed by atoms with E-state index in [1.807, 2.05) is 36.4 Å². The third-order valence-electron chi connectivity index (χ3n) is 6.44. The number of ether oxygens (including phenoxy) is 2. The molecule has 5 aromatic rings. The molecule has 0 aromatic heterocycles. The van der Waals surface area contributed by atoms with Crippen LogP contribution in [-0.4, -0.2) is 36.8 Å². The number of rotatable bonds is 12. The van der Waals surface area contributed by atoms with Crippen molar-refractivity contribution >= 4 is 46.4 Å². The van der Waals surface area contributed by atoms with Crippen molar-refractivity contribution in [2.75, 3.05) is 34.5 Å². The van der Waals surface area contributed by atoms with Crippen LogP contribution in [0.2, 0.25) is 0 Å². The third kappa shape index (κ3) is 9.29. The first-order valence-electron chi connectivity index (χ1n) is 14.3. The molecule has 0 atom stereocenters. The maximum Gasteiger partial charge on any atom is 0.262 e. The van der Waals surface area contributed by atoms with Gasteiger partial charge in [0.15, 0.2) is 13.2 Å². The van der Waals surface area contributed by atoms with Crippen molar-refractivity contribution in [3.8, 4) is 11.5 Å². The number of anilines is 4. The molecule has 0 unspecified atom stereocenters. The van der Waals surface area contributed by atoms with Crippen LogP contribution < -0.4 is 30.7 Å². The van der Waals surface area contributed by atoms with Gasteiger partial charge in [-0.05, 0) is 84.9 Å². The zero-order chi connectivity index (χ0) is 32.1. The predicted molar refractivity (Wildman–Crippen MR) is 176 cm³/mol. The van der Waals surface area contributed by atoms with Crippen LogP contribution in [0.4, 0.5) is 22.7 Å². The normalized spacial score (nSPS) is 10.3. The summed E-state index contributed by atoms with van der Waals surface area (Å²) in [5.74, 6) is -0.284. The molecule has 4 amide bonds. The van der Waals surface area contributed by atoms with Gasteiger partial charge in [-0.3, -0.25) is 19.2 Å². The van der Waals surface area contributed by atoms with Crippen LogP contribution in [0.5, 0.6) is 11.5 Å². The minimum atomic E-state index is -0.387. The molecule has 10 nitrogen and oxygen atoms in total. The summed E-state index contributed by atoms with van der Waals surface area (Å²) < 4.78 is 10.9. The largest absolute Gasteiger partial charge is 0.484 e. The number of amides is 4. The Morgan fingerprint density at radius 3 is 1.13 bits per heavy atom. The summed E-state index contributed by atoms with van der Waals surface area (Å²) in [5.41, 5.74) is 2.63. The lowest BCUT2D eigenvalue weighted by Crippen LogP contribution is -2.20. The number of para-hydroxylation sites is 2. The number of carbonyl (C=O) groups excluding carboxylic acids is 4. The van der Waals surface area contributed by atoms with Gasteiger partial charge < -0.3 is 30.7 Å². The molecule has 0 radical (unpaired) electrons. The Kier molecular flexibility index (Phi) is 10.4. The quantitative estimate of drug-likeness (QED) is 0.132. The molecule has 0 saturated heterocycles. The van der Waals surface area contributed by atoms with Gasteiger partial charge in [-0.15, -0.1) is 0 Å². The second-order valence-electron chi connectivity index (χ2n) is 9.95. The fourth-order valence-corrected chi connectivity index (χ4v) is 4.25. The van der Waals surface area contributed by atoms with E-state index in [0.717, 1.165) is 0 Å². The zero-order valence-electron chi connectivity index (χ0n) is 24.6. The van der Waals surface area contributed by atoms with Crippen molar-refractivity contribution in [3.05, 3.63) is 145 Å². The summed E-state index contributed by atoms with van der Waals surface area (Å²) in [6.07, 6.45) is 0. The summed E-state index contributed by atoms with van der Waals surface area (Å²) in [6.45, 7) is -0.319. The standard InChI is InChI=1S/C36H30N4O6/c41-33(23-45-31-13-3-1-4-14-31)37-27-9-7-11-29(21-27)39-35(43)25-17-19-26(20-18-25)36(44)40-30-12-8-10-28(22-30)38-34(42)24-46-32-15-5-2-6-16-32/h1-22H,23-24H2,(H,37,41)(H,38,42)(H,39,43)(H,40,44). The highest BCUT2D eigenvalue weighted by molar-refractivity contribution is 6.07. The van der Waals surface area contributed by atoms with E-state index < -0.39 is 0 Å². The second-order valence-corrected chi connectivity index (χ2v) is 9.95.